The maximum Gasteiger partial charge on any atom is 0.270 e. The lowest BCUT2D eigenvalue weighted by Gasteiger charge is -2.12. The van der Waals surface area contributed by atoms with Crippen molar-refractivity contribution in [1.29, 1.82) is 5.26 Å². The van der Waals surface area contributed by atoms with Crippen molar-refractivity contribution in [2.24, 2.45) is 5.10 Å². The highest BCUT2D eigenvalue weighted by Crippen LogP contribution is 2.30. The number of sulfonamides is 1. The summed E-state index contributed by atoms with van der Waals surface area (Å²) in [6, 6.07) is 18.1. The Morgan fingerprint density at radius 3 is 2.42 bits per heavy atom. The van der Waals surface area contributed by atoms with Crippen LogP contribution >= 0.6 is 11.6 Å². The van der Waals surface area contributed by atoms with Gasteiger partial charge in [-0.1, -0.05) is 35.9 Å². The van der Waals surface area contributed by atoms with Crippen LogP contribution in [0.5, 0.6) is 0 Å². The fraction of sp³-hybridized carbons (Fsp3) is 0. The molecular formula is C20H14ClN5O4S. The van der Waals surface area contributed by atoms with Crippen LogP contribution in [0.25, 0.3) is 0 Å². The molecule has 0 fully saturated rings. The zero-order valence-electron chi connectivity index (χ0n) is 15.7. The Hall–Kier alpha value is -3.94. The van der Waals surface area contributed by atoms with E-state index in [-0.39, 0.29) is 21.3 Å². The molecule has 0 heterocycles. The van der Waals surface area contributed by atoms with Crippen LogP contribution in [0.3, 0.4) is 0 Å². The second-order valence-electron chi connectivity index (χ2n) is 6.13. The van der Waals surface area contributed by atoms with Crippen molar-refractivity contribution in [3.05, 3.63) is 93.0 Å². The smallest absolute Gasteiger partial charge is 0.270 e. The number of hydrogen-bond acceptors (Lipinski definition) is 7. The molecular weight excluding hydrogens is 442 g/mol. The van der Waals surface area contributed by atoms with Crippen LogP contribution in [0.1, 0.15) is 11.1 Å². The van der Waals surface area contributed by atoms with Gasteiger partial charge in [-0.25, -0.2) is 8.42 Å². The highest BCUT2D eigenvalue weighted by Gasteiger charge is 2.23. The topological polar surface area (TPSA) is 137 Å². The highest BCUT2D eigenvalue weighted by atomic mass is 35.5. The van der Waals surface area contributed by atoms with E-state index in [0.29, 0.717) is 11.1 Å². The predicted octanol–water partition coefficient (Wildman–Crippen LogP) is 4.37. The number of para-hydroxylation sites is 1. The molecule has 0 atom stereocenters. The summed E-state index contributed by atoms with van der Waals surface area (Å²) in [6.45, 7) is 0. The minimum atomic E-state index is -4.24. The van der Waals surface area contributed by atoms with Crippen LogP contribution in [-0.4, -0.2) is 19.6 Å². The molecule has 0 aliphatic heterocycles. The van der Waals surface area contributed by atoms with Crippen molar-refractivity contribution < 1.29 is 13.3 Å². The van der Waals surface area contributed by atoms with Gasteiger partial charge in [-0.15, -0.1) is 0 Å². The lowest BCUT2D eigenvalue weighted by molar-refractivity contribution is -0.385. The van der Waals surface area contributed by atoms with E-state index in [1.54, 1.807) is 36.4 Å². The standard InChI is InChI=1S/C20H14ClN5O4S/c21-17-3-1-2-4-18(17)25-31(29,30)20-11-16(26(27)28)9-10-19(20)24-23-13-15-7-5-14(12-22)6-8-15/h1-11,13,24-25H/b23-13+. The van der Waals surface area contributed by atoms with E-state index < -0.39 is 20.6 Å². The monoisotopic (exact) mass is 455 g/mol. The van der Waals surface area contributed by atoms with Gasteiger partial charge in [0, 0.05) is 12.1 Å². The molecule has 0 aromatic heterocycles. The number of hydrogen-bond donors (Lipinski definition) is 2. The van der Waals surface area contributed by atoms with Gasteiger partial charge < -0.3 is 0 Å². The summed E-state index contributed by atoms with van der Waals surface area (Å²) >= 11 is 6.02. The Balaban J connectivity index is 1.93. The Morgan fingerprint density at radius 2 is 1.77 bits per heavy atom. The van der Waals surface area contributed by atoms with Crippen molar-refractivity contribution in [1.82, 2.24) is 0 Å². The van der Waals surface area contributed by atoms with Crippen LogP contribution in [0, 0.1) is 21.4 Å². The van der Waals surface area contributed by atoms with Crippen LogP contribution in [0.4, 0.5) is 17.1 Å². The molecule has 2 N–H and O–H groups in total. The number of nitrogens with zero attached hydrogens (tertiary/aromatic N) is 3. The van der Waals surface area contributed by atoms with Gasteiger partial charge in [0.15, 0.2) is 0 Å². The zero-order chi connectivity index (χ0) is 22.4. The molecule has 0 saturated carbocycles. The van der Waals surface area contributed by atoms with Gasteiger partial charge in [-0.2, -0.15) is 10.4 Å². The van der Waals surface area contributed by atoms with Crippen LogP contribution in [0.15, 0.2) is 76.7 Å². The lowest BCUT2D eigenvalue weighted by Crippen LogP contribution is -2.15. The maximum atomic E-state index is 12.9. The largest absolute Gasteiger partial charge is 0.278 e. The number of anilines is 2. The van der Waals surface area contributed by atoms with E-state index in [1.165, 1.54) is 24.4 Å². The van der Waals surface area contributed by atoms with Crippen molar-refractivity contribution in [3.8, 4) is 6.07 Å². The van der Waals surface area contributed by atoms with E-state index >= 15 is 0 Å². The van der Waals surface area contributed by atoms with Crippen molar-refractivity contribution in [2.45, 2.75) is 4.90 Å². The molecule has 0 amide bonds. The minimum Gasteiger partial charge on any atom is -0.278 e. The summed E-state index contributed by atoms with van der Waals surface area (Å²) in [4.78, 5) is 10.1. The van der Waals surface area contributed by atoms with Crippen LogP contribution in [0.2, 0.25) is 5.02 Å². The molecule has 0 saturated heterocycles. The summed E-state index contributed by atoms with van der Waals surface area (Å²) in [6.07, 6.45) is 1.42. The first-order valence-electron chi connectivity index (χ1n) is 8.65. The van der Waals surface area contributed by atoms with Gasteiger partial charge >= 0.3 is 0 Å². The number of nitro groups is 1. The SMILES string of the molecule is N#Cc1ccc(/C=N/Nc2ccc([N+](=O)[O-])cc2S(=O)(=O)Nc2ccccc2Cl)cc1. The molecule has 0 radical (unpaired) electrons. The third-order valence-corrected chi connectivity index (χ3v) is 5.76. The average Bonchev–Trinajstić information content (AvgIpc) is 2.75. The van der Waals surface area contributed by atoms with Gasteiger partial charge in [0.25, 0.3) is 15.7 Å². The van der Waals surface area contributed by atoms with E-state index in [4.69, 9.17) is 16.9 Å². The van der Waals surface area contributed by atoms with Crippen LogP contribution < -0.4 is 10.1 Å². The second-order valence-corrected chi connectivity index (χ2v) is 8.18. The van der Waals surface area contributed by atoms with Gasteiger partial charge in [0.05, 0.1) is 39.2 Å². The molecule has 9 nitrogen and oxygen atoms in total. The molecule has 0 bridgehead atoms. The number of nitrogens with one attached hydrogen (secondary N) is 2. The zero-order valence-corrected chi connectivity index (χ0v) is 17.3. The fourth-order valence-electron chi connectivity index (χ4n) is 2.50. The van der Waals surface area contributed by atoms with E-state index in [0.717, 1.165) is 12.1 Å². The number of nitriles is 1. The summed E-state index contributed by atoms with van der Waals surface area (Å²) in [5.41, 5.74) is 3.49. The number of halogens is 1. The van der Waals surface area contributed by atoms with Gasteiger partial charge in [0.1, 0.15) is 4.90 Å². The first-order chi connectivity index (χ1) is 14.8. The lowest BCUT2D eigenvalue weighted by atomic mass is 10.2. The molecule has 0 aliphatic carbocycles. The highest BCUT2D eigenvalue weighted by molar-refractivity contribution is 7.93. The number of rotatable bonds is 7. The van der Waals surface area contributed by atoms with Gasteiger partial charge in [-0.05, 0) is 35.9 Å². The third kappa shape index (κ3) is 5.36. The molecule has 11 heteroatoms. The normalized spacial score (nSPS) is 11.1. The van der Waals surface area contributed by atoms with Crippen LogP contribution in [-0.2, 0) is 10.0 Å². The van der Waals surface area contributed by atoms with Crippen molar-refractivity contribution >= 4 is 44.9 Å². The number of non-ortho nitro benzene ring substituents is 1. The third-order valence-electron chi connectivity index (χ3n) is 4.02. The second kappa shape index (κ2) is 9.25. The number of nitro benzene ring substituents is 1. The summed E-state index contributed by atoms with van der Waals surface area (Å²) < 4.78 is 28.2. The summed E-state index contributed by atoms with van der Waals surface area (Å²) in [5.74, 6) is 0. The molecule has 3 rings (SSSR count). The molecule has 3 aromatic rings. The first kappa shape index (κ1) is 21.8. The van der Waals surface area contributed by atoms with Gasteiger partial charge in [0.2, 0.25) is 0 Å². The van der Waals surface area contributed by atoms with E-state index in [1.807, 2.05) is 6.07 Å². The minimum absolute atomic E-state index is 0.0232. The van der Waals surface area contributed by atoms with Crippen molar-refractivity contribution in [2.75, 3.05) is 10.1 Å². The quantitative estimate of drug-likeness (QED) is 0.308. The van der Waals surface area contributed by atoms with E-state index in [9.17, 15) is 18.5 Å². The first-order valence-corrected chi connectivity index (χ1v) is 10.5. The predicted molar refractivity (Wildman–Crippen MR) is 118 cm³/mol. The number of benzene rings is 3. The maximum absolute atomic E-state index is 12.9. The fourth-order valence-corrected chi connectivity index (χ4v) is 4.00. The molecule has 31 heavy (non-hydrogen) atoms. The number of hydrazone groups is 1. The Morgan fingerprint density at radius 1 is 1.06 bits per heavy atom. The molecule has 0 spiro atoms. The Bertz CT molecular complexity index is 1300. The average molecular weight is 456 g/mol. The van der Waals surface area contributed by atoms with Crippen molar-refractivity contribution in [3.63, 3.8) is 0 Å². The van der Waals surface area contributed by atoms with E-state index in [2.05, 4.69) is 15.2 Å². The summed E-state index contributed by atoms with van der Waals surface area (Å²) in [5, 5.41) is 24.1. The molecule has 156 valence electrons. The molecule has 0 unspecified atom stereocenters. The molecule has 3 aromatic carbocycles. The summed E-state index contributed by atoms with van der Waals surface area (Å²) in [7, 11) is -4.24. The Kier molecular flexibility index (Phi) is 6.49. The van der Waals surface area contributed by atoms with Gasteiger partial charge in [-0.3, -0.25) is 20.3 Å². The Labute approximate surface area is 182 Å². The molecule has 0 aliphatic rings.